The summed E-state index contributed by atoms with van der Waals surface area (Å²) in [5.41, 5.74) is 10.8. The zero-order chi connectivity index (χ0) is 12.8. The van der Waals surface area contributed by atoms with Crippen LogP contribution in [-0.2, 0) is 0 Å². The van der Waals surface area contributed by atoms with Crippen molar-refractivity contribution in [2.24, 2.45) is 10.7 Å². The van der Waals surface area contributed by atoms with E-state index in [0.29, 0.717) is 0 Å². The van der Waals surface area contributed by atoms with Gasteiger partial charge in [0, 0.05) is 23.5 Å². The van der Waals surface area contributed by atoms with Gasteiger partial charge in [-0.25, -0.2) is 0 Å². The number of nitrogens with one attached hydrogen (secondary N) is 1. The summed E-state index contributed by atoms with van der Waals surface area (Å²) in [6, 6.07) is 0. The Bertz CT molecular complexity index is 422. The van der Waals surface area contributed by atoms with Crippen molar-refractivity contribution >= 4 is 11.3 Å². The second-order valence-electron chi connectivity index (χ2n) is 4.31. The van der Waals surface area contributed by atoms with Gasteiger partial charge in [-0.15, -0.1) is 0 Å². The van der Waals surface area contributed by atoms with Crippen molar-refractivity contribution in [1.82, 2.24) is 10.2 Å². The molecule has 0 unspecified atom stereocenters. The maximum atomic E-state index is 5.95. The summed E-state index contributed by atoms with van der Waals surface area (Å²) in [5.74, 6) is 0. The van der Waals surface area contributed by atoms with Crippen molar-refractivity contribution in [3.05, 3.63) is 23.2 Å². The van der Waals surface area contributed by atoms with Crippen LogP contribution in [0.1, 0.15) is 44.9 Å². The maximum absolute atomic E-state index is 5.95. The summed E-state index contributed by atoms with van der Waals surface area (Å²) in [4.78, 5) is 4.56. The lowest BCUT2D eigenvalue weighted by molar-refractivity contribution is 0.808. The van der Waals surface area contributed by atoms with Crippen LogP contribution in [0.25, 0.3) is 5.57 Å². The lowest BCUT2D eigenvalue weighted by atomic mass is 10.0. The molecule has 1 rings (SSSR count). The lowest BCUT2D eigenvalue weighted by Gasteiger charge is -2.09. The summed E-state index contributed by atoms with van der Waals surface area (Å²) >= 11 is 0. The fraction of sp³-hybridized carbons (Fsp3) is 0.538. The number of H-pyrrole nitrogens is 1. The number of rotatable bonds is 5. The van der Waals surface area contributed by atoms with Crippen LogP contribution in [0.2, 0.25) is 0 Å². The Morgan fingerprint density at radius 3 is 2.65 bits per heavy atom. The number of aliphatic imine (C=N–C) groups is 1. The second-order valence-corrected chi connectivity index (χ2v) is 4.31. The van der Waals surface area contributed by atoms with E-state index in [2.05, 4.69) is 22.1 Å². The molecule has 4 heteroatoms. The van der Waals surface area contributed by atoms with Gasteiger partial charge in [-0.3, -0.25) is 10.1 Å². The van der Waals surface area contributed by atoms with Crippen molar-refractivity contribution in [2.45, 2.75) is 40.5 Å². The smallest absolute Gasteiger partial charge is 0.0714 e. The van der Waals surface area contributed by atoms with Crippen LogP contribution in [0, 0.1) is 6.92 Å². The average molecular weight is 234 g/mol. The Kier molecular flexibility index (Phi) is 4.94. The van der Waals surface area contributed by atoms with Gasteiger partial charge in [-0.05, 0) is 32.8 Å². The second kappa shape index (κ2) is 6.23. The largest absolute Gasteiger partial charge is 0.402 e. The van der Waals surface area contributed by atoms with E-state index in [1.54, 1.807) is 6.20 Å². The number of aromatic nitrogens is 2. The average Bonchev–Trinajstić information content (AvgIpc) is 2.65. The van der Waals surface area contributed by atoms with Crippen LogP contribution in [0.4, 0.5) is 0 Å². The lowest BCUT2D eigenvalue weighted by Crippen LogP contribution is -2.08. The third-order valence-corrected chi connectivity index (χ3v) is 2.70. The van der Waals surface area contributed by atoms with Crippen molar-refractivity contribution in [1.29, 1.82) is 0 Å². The van der Waals surface area contributed by atoms with E-state index in [0.717, 1.165) is 47.6 Å². The van der Waals surface area contributed by atoms with Crippen LogP contribution in [0.3, 0.4) is 0 Å². The Hall–Kier alpha value is -1.58. The molecule has 0 aliphatic heterocycles. The van der Waals surface area contributed by atoms with Crippen LogP contribution in [-0.4, -0.2) is 22.5 Å². The quantitative estimate of drug-likeness (QED) is 0.607. The molecule has 3 N–H and O–H groups in total. The van der Waals surface area contributed by atoms with Gasteiger partial charge in [-0.2, -0.15) is 5.10 Å². The first-order valence-corrected chi connectivity index (χ1v) is 6.06. The van der Waals surface area contributed by atoms with Crippen molar-refractivity contribution in [3.8, 4) is 0 Å². The summed E-state index contributed by atoms with van der Waals surface area (Å²) in [6.07, 6.45) is 4.06. The van der Waals surface area contributed by atoms with Crippen LogP contribution < -0.4 is 5.73 Å². The first-order chi connectivity index (χ1) is 8.07. The molecule has 0 fully saturated rings. The molecule has 0 aliphatic rings. The van der Waals surface area contributed by atoms with Gasteiger partial charge in [-0.1, -0.05) is 13.3 Å². The number of aromatic amines is 1. The Labute approximate surface area is 103 Å². The minimum Gasteiger partial charge on any atom is -0.402 e. The number of nitrogens with zero attached hydrogens (tertiary/aromatic N) is 2. The first-order valence-electron chi connectivity index (χ1n) is 6.06. The van der Waals surface area contributed by atoms with E-state index in [-0.39, 0.29) is 0 Å². The Morgan fingerprint density at radius 1 is 1.47 bits per heavy atom. The van der Waals surface area contributed by atoms with Gasteiger partial charge in [0.05, 0.1) is 11.9 Å². The summed E-state index contributed by atoms with van der Waals surface area (Å²) in [5, 5.41) is 7.02. The summed E-state index contributed by atoms with van der Waals surface area (Å²) in [7, 11) is 0. The van der Waals surface area contributed by atoms with Gasteiger partial charge in [0.15, 0.2) is 0 Å². The van der Waals surface area contributed by atoms with E-state index in [4.69, 9.17) is 5.73 Å². The molecular formula is C13H22N4. The van der Waals surface area contributed by atoms with Gasteiger partial charge in [0.2, 0.25) is 0 Å². The molecule has 0 radical (unpaired) electrons. The molecule has 94 valence electrons. The van der Waals surface area contributed by atoms with Crippen LogP contribution in [0.15, 0.2) is 16.9 Å². The maximum Gasteiger partial charge on any atom is 0.0714 e. The van der Waals surface area contributed by atoms with Gasteiger partial charge in [0.25, 0.3) is 0 Å². The van der Waals surface area contributed by atoms with E-state index in [1.807, 2.05) is 20.8 Å². The number of nitrogens with two attached hydrogens (primary N) is 1. The summed E-state index contributed by atoms with van der Waals surface area (Å²) < 4.78 is 0. The van der Waals surface area contributed by atoms with Gasteiger partial charge in [0.1, 0.15) is 0 Å². The molecule has 4 nitrogen and oxygen atoms in total. The zero-order valence-corrected chi connectivity index (χ0v) is 11.2. The topological polar surface area (TPSA) is 67.1 Å². The number of unbranched alkanes of at least 4 members (excludes halogenated alkanes) is 1. The number of hydrogen-bond acceptors (Lipinski definition) is 3. The molecule has 0 saturated heterocycles. The van der Waals surface area contributed by atoms with Gasteiger partial charge < -0.3 is 5.73 Å². The first kappa shape index (κ1) is 13.5. The molecule has 17 heavy (non-hydrogen) atoms. The fourth-order valence-electron chi connectivity index (χ4n) is 1.75. The molecule has 1 heterocycles. The van der Waals surface area contributed by atoms with Crippen molar-refractivity contribution in [2.75, 3.05) is 6.54 Å². The molecule has 0 bridgehead atoms. The minimum atomic E-state index is 0.773. The van der Waals surface area contributed by atoms with Crippen LogP contribution >= 0.6 is 0 Å². The number of hydrogen-bond donors (Lipinski definition) is 2. The van der Waals surface area contributed by atoms with E-state index < -0.39 is 0 Å². The normalized spacial score (nSPS) is 13.8. The van der Waals surface area contributed by atoms with Crippen molar-refractivity contribution < 1.29 is 0 Å². The molecule has 1 aromatic heterocycles. The van der Waals surface area contributed by atoms with Crippen molar-refractivity contribution in [3.63, 3.8) is 0 Å². The molecule has 1 aromatic rings. The highest BCUT2D eigenvalue weighted by molar-refractivity contribution is 6.23. The predicted molar refractivity (Wildman–Crippen MR) is 73.0 cm³/mol. The van der Waals surface area contributed by atoms with Gasteiger partial charge >= 0.3 is 0 Å². The molecule has 0 aliphatic carbocycles. The minimum absolute atomic E-state index is 0.773. The molecule has 0 atom stereocenters. The predicted octanol–water partition coefficient (Wildman–Crippen LogP) is 2.67. The number of allylic oxidation sites excluding steroid dienone is 2. The fourth-order valence-corrected chi connectivity index (χ4v) is 1.75. The van der Waals surface area contributed by atoms with Crippen LogP contribution in [0.5, 0.6) is 0 Å². The highest BCUT2D eigenvalue weighted by atomic mass is 15.1. The zero-order valence-electron chi connectivity index (χ0n) is 11.2. The van der Waals surface area contributed by atoms with E-state index >= 15 is 0 Å². The monoisotopic (exact) mass is 234 g/mol. The third kappa shape index (κ3) is 3.44. The number of aryl methyl sites for hydroxylation is 1. The van der Waals surface area contributed by atoms with E-state index in [9.17, 15) is 0 Å². The SMILES string of the molecule is CCCCN=C(C)/C(=C(/C)N)c1[nH]ncc1C. The molecular weight excluding hydrogens is 212 g/mol. The third-order valence-electron chi connectivity index (χ3n) is 2.70. The standard InChI is InChI=1S/C13H22N4/c1-5-6-7-15-11(4)12(10(3)14)13-9(2)8-16-17-13/h8H,5-7,14H2,1-4H3,(H,16,17)/b12-10+,15-11?. The Balaban J connectivity index is 3.01. The van der Waals surface area contributed by atoms with E-state index in [1.165, 1.54) is 0 Å². The molecule has 0 aromatic carbocycles. The molecule has 0 amide bonds. The molecule has 0 saturated carbocycles. The molecule has 0 spiro atoms. The highest BCUT2D eigenvalue weighted by Crippen LogP contribution is 2.19. The highest BCUT2D eigenvalue weighted by Gasteiger charge is 2.12. The summed E-state index contributed by atoms with van der Waals surface area (Å²) in [6.45, 7) is 8.93. The Morgan fingerprint density at radius 2 is 2.18 bits per heavy atom.